The zero-order chi connectivity index (χ0) is 16.7. The molecule has 0 bridgehead atoms. The number of hydrogen-bond donors (Lipinski definition) is 1. The zero-order valence-electron chi connectivity index (χ0n) is 13.5. The number of aromatic nitrogens is 2. The standard InChI is InChI=1S/C18H19N3O2/c1-10(2)21-17(18(22)23)15(12-4-5-12)16(20-21)13-6-7-14(9-19)11(3)8-13/h6-8,10,12H,4-5H2,1-3H3,(H,22,23). The maximum absolute atomic E-state index is 11.8. The number of carboxylic acid groups (broad SMARTS) is 1. The first-order chi connectivity index (χ1) is 10.9. The van der Waals surface area contributed by atoms with Gasteiger partial charge in [0.15, 0.2) is 5.69 Å². The van der Waals surface area contributed by atoms with E-state index in [4.69, 9.17) is 5.26 Å². The van der Waals surface area contributed by atoms with Crippen LogP contribution in [0.4, 0.5) is 0 Å². The van der Waals surface area contributed by atoms with Gasteiger partial charge in [0.05, 0.1) is 17.3 Å². The van der Waals surface area contributed by atoms with Crippen LogP contribution in [0.5, 0.6) is 0 Å². The van der Waals surface area contributed by atoms with Crippen molar-refractivity contribution in [1.29, 1.82) is 5.26 Å². The van der Waals surface area contributed by atoms with E-state index in [1.807, 2.05) is 32.9 Å². The average Bonchev–Trinajstić information content (AvgIpc) is 3.25. The Labute approximate surface area is 135 Å². The maximum atomic E-state index is 11.8. The molecule has 0 unspecified atom stereocenters. The topological polar surface area (TPSA) is 78.9 Å². The number of carbonyl (C=O) groups is 1. The highest BCUT2D eigenvalue weighted by molar-refractivity contribution is 5.91. The number of aromatic carboxylic acids is 1. The summed E-state index contributed by atoms with van der Waals surface area (Å²) in [5, 5.41) is 23.4. The normalized spacial score (nSPS) is 14.0. The van der Waals surface area contributed by atoms with E-state index >= 15 is 0 Å². The lowest BCUT2D eigenvalue weighted by molar-refractivity contribution is 0.0680. The van der Waals surface area contributed by atoms with Crippen LogP contribution in [0.15, 0.2) is 18.2 Å². The van der Waals surface area contributed by atoms with Gasteiger partial charge in [-0.1, -0.05) is 6.07 Å². The van der Waals surface area contributed by atoms with Crippen molar-refractivity contribution in [2.24, 2.45) is 0 Å². The van der Waals surface area contributed by atoms with Crippen molar-refractivity contribution >= 4 is 5.97 Å². The third-order valence-corrected chi connectivity index (χ3v) is 4.24. The summed E-state index contributed by atoms with van der Waals surface area (Å²) in [7, 11) is 0. The Morgan fingerprint density at radius 2 is 2.13 bits per heavy atom. The van der Waals surface area contributed by atoms with E-state index in [1.54, 1.807) is 10.7 Å². The molecule has 1 heterocycles. The summed E-state index contributed by atoms with van der Waals surface area (Å²) in [6, 6.07) is 7.69. The lowest BCUT2D eigenvalue weighted by atomic mass is 9.98. The van der Waals surface area contributed by atoms with Crippen molar-refractivity contribution < 1.29 is 9.90 Å². The van der Waals surface area contributed by atoms with Crippen molar-refractivity contribution in [3.05, 3.63) is 40.6 Å². The fraction of sp³-hybridized carbons (Fsp3) is 0.389. The summed E-state index contributed by atoms with van der Waals surface area (Å²) in [6.07, 6.45) is 2.01. The van der Waals surface area contributed by atoms with Gasteiger partial charge >= 0.3 is 5.97 Å². The Morgan fingerprint density at radius 3 is 2.61 bits per heavy atom. The van der Waals surface area contributed by atoms with Crippen LogP contribution in [0.2, 0.25) is 0 Å². The van der Waals surface area contributed by atoms with E-state index in [0.717, 1.165) is 35.2 Å². The van der Waals surface area contributed by atoms with Crippen molar-refractivity contribution in [2.75, 3.05) is 0 Å². The van der Waals surface area contributed by atoms with Gasteiger partial charge in [0.2, 0.25) is 0 Å². The molecule has 0 aliphatic heterocycles. The second-order valence-electron chi connectivity index (χ2n) is 6.37. The highest BCUT2D eigenvalue weighted by atomic mass is 16.4. The molecule has 1 aromatic heterocycles. The van der Waals surface area contributed by atoms with Crippen molar-refractivity contribution in [3.8, 4) is 17.3 Å². The molecule has 1 saturated carbocycles. The van der Waals surface area contributed by atoms with Crippen LogP contribution in [-0.2, 0) is 0 Å². The zero-order valence-corrected chi connectivity index (χ0v) is 13.5. The summed E-state index contributed by atoms with van der Waals surface area (Å²) in [6.45, 7) is 5.75. The number of nitriles is 1. The highest BCUT2D eigenvalue weighted by Gasteiger charge is 2.36. The van der Waals surface area contributed by atoms with E-state index in [-0.39, 0.29) is 12.0 Å². The predicted octanol–water partition coefficient (Wildman–Crippen LogP) is 3.89. The van der Waals surface area contributed by atoms with Gasteiger partial charge in [-0.05, 0) is 57.2 Å². The quantitative estimate of drug-likeness (QED) is 0.929. The summed E-state index contributed by atoms with van der Waals surface area (Å²) in [4.78, 5) is 11.8. The lowest BCUT2D eigenvalue weighted by Gasteiger charge is -2.08. The molecule has 1 aliphatic carbocycles. The summed E-state index contributed by atoms with van der Waals surface area (Å²) < 4.78 is 1.61. The number of hydrogen-bond acceptors (Lipinski definition) is 3. The number of rotatable bonds is 4. The van der Waals surface area contributed by atoms with Crippen molar-refractivity contribution in [3.63, 3.8) is 0 Å². The monoisotopic (exact) mass is 309 g/mol. The van der Waals surface area contributed by atoms with Gasteiger partial charge in [-0.2, -0.15) is 10.4 Å². The maximum Gasteiger partial charge on any atom is 0.354 e. The first-order valence-electron chi connectivity index (χ1n) is 7.80. The van der Waals surface area contributed by atoms with Crippen molar-refractivity contribution in [2.45, 2.75) is 45.6 Å². The minimum absolute atomic E-state index is 0.0215. The molecule has 3 rings (SSSR count). The van der Waals surface area contributed by atoms with Crippen LogP contribution in [0.1, 0.15) is 65.8 Å². The molecule has 1 fully saturated rings. The summed E-state index contributed by atoms with van der Waals surface area (Å²) in [5.74, 6) is -0.649. The van der Waals surface area contributed by atoms with Gasteiger partial charge in [0, 0.05) is 17.2 Å². The van der Waals surface area contributed by atoms with Crippen molar-refractivity contribution in [1.82, 2.24) is 9.78 Å². The minimum Gasteiger partial charge on any atom is -0.477 e. The van der Waals surface area contributed by atoms with Crippen LogP contribution in [0, 0.1) is 18.3 Å². The predicted molar refractivity (Wildman–Crippen MR) is 86.4 cm³/mol. The average molecular weight is 309 g/mol. The Bertz CT molecular complexity index is 824. The molecule has 5 heteroatoms. The van der Waals surface area contributed by atoms with Crippen LogP contribution in [0.3, 0.4) is 0 Å². The van der Waals surface area contributed by atoms with Gasteiger partial charge in [-0.25, -0.2) is 4.79 Å². The van der Waals surface area contributed by atoms with E-state index in [0.29, 0.717) is 11.3 Å². The fourth-order valence-electron chi connectivity index (χ4n) is 2.94. The Morgan fingerprint density at radius 1 is 1.43 bits per heavy atom. The Balaban J connectivity index is 2.23. The van der Waals surface area contributed by atoms with E-state index in [1.165, 1.54) is 0 Å². The first kappa shape index (κ1) is 15.3. The number of carboxylic acids is 1. The second kappa shape index (κ2) is 5.54. The summed E-state index contributed by atoms with van der Waals surface area (Å²) >= 11 is 0. The molecule has 118 valence electrons. The minimum atomic E-state index is -0.926. The summed E-state index contributed by atoms with van der Waals surface area (Å²) in [5.41, 5.74) is 4.28. The Kier molecular flexibility index (Phi) is 3.69. The van der Waals surface area contributed by atoms with Gasteiger partial charge in [-0.15, -0.1) is 0 Å². The van der Waals surface area contributed by atoms with Gasteiger partial charge in [0.25, 0.3) is 0 Å². The smallest absolute Gasteiger partial charge is 0.354 e. The van der Waals surface area contributed by atoms with Crippen LogP contribution in [0.25, 0.3) is 11.3 Å². The molecule has 0 saturated heterocycles. The molecular weight excluding hydrogens is 290 g/mol. The van der Waals surface area contributed by atoms with E-state index < -0.39 is 5.97 Å². The molecular formula is C18H19N3O2. The second-order valence-corrected chi connectivity index (χ2v) is 6.37. The van der Waals surface area contributed by atoms with Gasteiger partial charge in [-0.3, -0.25) is 4.68 Å². The molecule has 1 aliphatic rings. The molecule has 0 atom stereocenters. The largest absolute Gasteiger partial charge is 0.477 e. The molecule has 1 N–H and O–H groups in total. The molecule has 2 aromatic rings. The van der Waals surface area contributed by atoms with Gasteiger partial charge in [0.1, 0.15) is 0 Å². The fourth-order valence-corrected chi connectivity index (χ4v) is 2.94. The lowest BCUT2D eigenvalue weighted by Crippen LogP contribution is -2.13. The van der Waals surface area contributed by atoms with Crippen LogP contribution < -0.4 is 0 Å². The number of aryl methyl sites for hydroxylation is 1. The number of nitrogens with zero attached hydrogens (tertiary/aromatic N) is 3. The molecule has 1 aromatic carbocycles. The van der Waals surface area contributed by atoms with E-state index in [2.05, 4.69) is 11.2 Å². The number of benzene rings is 1. The molecule has 5 nitrogen and oxygen atoms in total. The Hall–Kier alpha value is -2.61. The highest BCUT2D eigenvalue weighted by Crippen LogP contribution is 2.46. The first-order valence-corrected chi connectivity index (χ1v) is 7.80. The molecule has 23 heavy (non-hydrogen) atoms. The SMILES string of the molecule is Cc1cc(-c2nn(C(C)C)c(C(=O)O)c2C2CC2)ccc1C#N. The van der Waals surface area contributed by atoms with Crippen LogP contribution in [-0.4, -0.2) is 20.9 Å². The van der Waals surface area contributed by atoms with E-state index in [9.17, 15) is 9.90 Å². The molecule has 0 spiro atoms. The van der Waals surface area contributed by atoms with Gasteiger partial charge < -0.3 is 5.11 Å². The third kappa shape index (κ3) is 2.61. The third-order valence-electron chi connectivity index (χ3n) is 4.24. The molecule has 0 amide bonds. The molecule has 0 radical (unpaired) electrons. The van der Waals surface area contributed by atoms with Crippen LogP contribution >= 0.6 is 0 Å².